The molecule has 0 heterocycles. The minimum atomic E-state index is 0.167. The molecule has 0 saturated heterocycles. The first-order valence-electron chi connectivity index (χ1n) is 5.10. The van der Waals surface area contributed by atoms with Crippen molar-refractivity contribution >= 4 is 5.78 Å². The summed E-state index contributed by atoms with van der Waals surface area (Å²) in [4.78, 5) is 9.44. The summed E-state index contributed by atoms with van der Waals surface area (Å²) in [6.07, 6.45) is 0. The molecule has 1 aromatic carbocycles. The number of aryl methyl sites for hydroxylation is 1. The average molecular weight is 209 g/mol. The van der Waals surface area contributed by atoms with Crippen LogP contribution < -0.4 is 5.73 Å². The molecule has 0 aliphatic heterocycles. The molecule has 1 rings (SSSR count). The highest BCUT2D eigenvalue weighted by atomic mass is 16.1. The number of hydrogen-bond donors (Lipinski definition) is 1. The number of nitrogens with two attached hydrogens (primary N) is 1. The molecule has 0 saturated carbocycles. The fourth-order valence-corrected chi connectivity index (χ4v) is 0.534. The van der Waals surface area contributed by atoms with Crippen molar-refractivity contribution in [2.75, 3.05) is 0 Å². The van der Waals surface area contributed by atoms with Gasteiger partial charge in [-0.05, 0) is 26.8 Å². The van der Waals surface area contributed by atoms with E-state index in [0.717, 1.165) is 0 Å². The minimum Gasteiger partial charge on any atom is -0.328 e. The van der Waals surface area contributed by atoms with Crippen molar-refractivity contribution in [3.63, 3.8) is 0 Å². The van der Waals surface area contributed by atoms with E-state index in [0.29, 0.717) is 6.04 Å². The number of carbonyl (C=O) groups is 1. The van der Waals surface area contributed by atoms with E-state index in [1.807, 2.05) is 32.0 Å². The lowest BCUT2D eigenvalue weighted by molar-refractivity contribution is -0.114. The molecule has 2 nitrogen and oxygen atoms in total. The Morgan fingerprint density at radius 1 is 1.13 bits per heavy atom. The van der Waals surface area contributed by atoms with Gasteiger partial charge < -0.3 is 10.5 Å². The lowest BCUT2D eigenvalue weighted by Gasteiger charge is -1.82. The van der Waals surface area contributed by atoms with Gasteiger partial charge in [0.25, 0.3) is 0 Å². The predicted octanol–water partition coefficient (Wildman–Crippen LogP) is 2.94. The Hall–Kier alpha value is -1.15. The van der Waals surface area contributed by atoms with Gasteiger partial charge in [0.15, 0.2) is 0 Å². The zero-order chi connectivity index (χ0) is 12.3. The van der Waals surface area contributed by atoms with E-state index < -0.39 is 0 Å². The Kier molecular flexibility index (Phi) is 11.9. The van der Waals surface area contributed by atoms with E-state index >= 15 is 0 Å². The Bertz CT molecular complexity index is 235. The van der Waals surface area contributed by atoms with Gasteiger partial charge in [0, 0.05) is 0 Å². The van der Waals surface area contributed by atoms with E-state index in [2.05, 4.69) is 19.1 Å². The second kappa shape index (κ2) is 10.9. The fourth-order valence-electron chi connectivity index (χ4n) is 0.534. The van der Waals surface area contributed by atoms with Crippen LogP contribution in [0.3, 0.4) is 0 Å². The van der Waals surface area contributed by atoms with Gasteiger partial charge in [0.2, 0.25) is 0 Å². The molecule has 0 aliphatic rings. The second-order valence-corrected chi connectivity index (χ2v) is 3.81. The number of carbonyl (C=O) groups excluding carboxylic acids is 1. The zero-order valence-electron chi connectivity index (χ0n) is 10.4. The van der Waals surface area contributed by atoms with Crippen molar-refractivity contribution in [3.8, 4) is 0 Å². The first-order valence-corrected chi connectivity index (χ1v) is 5.10. The van der Waals surface area contributed by atoms with Crippen LogP contribution in [-0.2, 0) is 4.79 Å². The second-order valence-electron chi connectivity index (χ2n) is 3.81. The number of benzene rings is 1. The molecule has 0 radical (unpaired) electrons. The molecule has 0 spiro atoms. The first kappa shape index (κ1) is 16.3. The summed E-state index contributed by atoms with van der Waals surface area (Å²) >= 11 is 0. The van der Waals surface area contributed by atoms with Crippen LogP contribution in [0.25, 0.3) is 0 Å². The van der Waals surface area contributed by atoms with Crippen molar-refractivity contribution in [1.82, 2.24) is 0 Å². The monoisotopic (exact) mass is 209 g/mol. The topological polar surface area (TPSA) is 43.1 Å². The number of rotatable bonds is 0. The fraction of sp³-hybridized carbons (Fsp3) is 0.462. The van der Waals surface area contributed by atoms with Crippen LogP contribution >= 0.6 is 0 Å². The largest absolute Gasteiger partial charge is 0.328 e. The molecule has 0 fully saturated rings. The van der Waals surface area contributed by atoms with Crippen LogP contribution in [0.1, 0.15) is 33.3 Å². The summed E-state index contributed by atoms with van der Waals surface area (Å²) in [6.45, 7) is 9.03. The third-order valence-electron chi connectivity index (χ3n) is 0.940. The first-order chi connectivity index (χ1) is 6.86. The summed E-state index contributed by atoms with van der Waals surface area (Å²) in [6, 6.07) is 10.6. The lowest BCUT2D eigenvalue weighted by atomic mass is 10.2. The van der Waals surface area contributed by atoms with Crippen molar-refractivity contribution in [2.24, 2.45) is 5.73 Å². The standard InChI is InChI=1S/C7H8.C3H9N.C3H6O/c1-7-5-3-2-4-6-7;2*1-3(2)4/h2-6H,1H3;3H,4H2,1-2H3;1-2H3. The Balaban J connectivity index is 0. The van der Waals surface area contributed by atoms with Crippen molar-refractivity contribution < 1.29 is 4.79 Å². The SMILES string of the molecule is CC(C)=O.CC(C)N.Cc1ccccc1. The summed E-state index contributed by atoms with van der Waals surface area (Å²) < 4.78 is 0. The highest BCUT2D eigenvalue weighted by molar-refractivity contribution is 5.72. The molecule has 86 valence electrons. The predicted molar refractivity (Wildman–Crippen MR) is 66.9 cm³/mol. The van der Waals surface area contributed by atoms with Gasteiger partial charge in [0.05, 0.1) is 0 Å². The smallest absolute Gasteiger partial charge is 0.126 e. The molecular weight excluding hydrogens is 186 g/mol. The summed E-state index contributed by atoms with van der Waals surface area (Å²) in [5.41, 5.74) is 6.43. The quantitative estimate of drug-likeness (QED) is 0.714. The number of ketones is 1. The summed E-state index contributed by atoms with van der Waals surface area (Å²) in [7, 11) is 0. The van der Waals surface area contributed by atoms with Gasteiger partial charge in [-0.15, -0.1) is 0 Å². The minimum absolute atomic E-state index is 0.167. The zero-order valence-corrected chi connectivity index (χ0v) is 10.4. The van der Waals surface area contributed by atoms with Crippen LogP contribution in [0.15, 0.2) is 30.3 Å². The van der Waals surface area contributed by atoms with Crippen LogP contribution in [-0.4, -0.2) is 11.8 Å². The molecule has 0 amide bonds. The molecule has 0 aromatic heterocycles. The normalized spacial score (nSPS) is 8.20. The van der Waals surface area contributed by atoms with Gasteiger partial charge in [-0.3, -0.25) is 0 Å². The average Bonchev–Trinajstić information content (AvgIpc) is 2.03. The number of hydrogen-bond acceptors (Lipinski definition) is 2. The van der Waals surface area contributed by atoms with E-state index in [-0.39, 0.29) is 5.78 Å². The molecule has 1 aromatic rings. The summed E-state index contributed by atoms with van der Waals surface area (Å²) in [5.74, 6) is 0.167. The molecular formula is C13H23NO. The highest BCUT2D eigenvalue weighted by Gasteiger charge is 1.72. The summed E-state index contributed by atoms with van der Waals surface area (Å²) in [5, 5.41) is 0. The molecule has 0 bridgehead atoms. The van der Waals surface area contributed by atoms with E-state index in [1.165, 1.54) is 19.4 Å². The molecule has 2 heteroatoms. The highest BCUT2D eigenvalue weighted by Crippen LogP contribution is 1.92. The van der Waals surface area contributed by atoms with Gasteiger partial charge in [0.1, 0.15) is 5.78 Å². The Morgan fingerprint density at radius 3 is 1.53 bits per heavy atom. The maximum Gasteiger partial charge on any atom is 0.126 e. The molecule has 0 atom stereocenters. The van der Waals surface area contributed by atoms with Crippen molar-refractivity contribution in [3.05, 3.63) is 35.9 Å². The van der Waals surface area contributed by atoms with Gasteiger partial charge in [-0.25, -0.2) is 0 Å². The van der Waals surface area contributed by atoms with Gasteiger partial charge in [-0.1, -0.05) is 49.7 Å². The Labute approximate surface area is 93.5 Å². The third-order valence-corrected chi connectivity index (χ3v) is 0.940. The molecule has 0 aliphatic carbocycles. The van der Waals surface area contributed by atoms with Crippen LogP contribution in [0, 0.1) is 6.92 Å². The molecule has 2 N–H and O–H groups in total. The maximum atomic E-state index is 9.44. The third kappa shape index (κ3) is 32.2. The van der Waals surface area contributed by atoms with Gasteiger partial charge in [-0.2, -0.15) is 0 Å². The van der Waals surface area contributed by atoms with Crippen LogP contribution in [0.2, 0.25) is 0 Å². The lowest BCUT2D eigenvalue weighted by Crippen LogP contribution is -2.06. The van der Waals surface area contributed by atoms with E-state index in [4.69, 9.17) is 5.73 Å². The van der Waals surface area contributed by atoms with E-state index in [9.17, 15) is 4.79 Å². The van der Waals surface area contributed by atoms with Crippen LogP contribution in [0.5, 0.6) is 0 Å². The molecule has 15 heavy (non-hydrogen) atoms. The Morgan fingerprint density at radius 2 is 1.40 bits per heavy atom. The maximum absolute atomic E-state index is 9.44. The van der Waals surface area contributed by atoms with Crippen molar-refractivity contribution in [1.29, 1.82) is 0 Å². The van der Waals surface area contributed by atoms with Crippen molar-refractivity contribution in [2.45, 2.75) is 40.7 Å². The number of Topliss-reactive ketones (excluding diaryl/α,β-unsaturated/α-hetero) is 1. The van der Waals surface area contributed by atoms with Crippen LogP contribution in [0.4, 0.5) is 0 Å². The van der Waals surface area contributed by atoms with E-state index in [1.54, 1.807) is 0 Å². The molecule has 0 unspecified atom stereocenters. The van der Waals surface area contributed by atoms with Gasteiger partial charge >= 0.3 is 0 Å².